The monoisotopic (exact) mass is 451 g/mol. The minimum Gasteiger partial charge on any atom is -0.497 e. The number of fused-ring (bicyclic) bond motifs is 1. The molecule has 0 spiro atoms. The number of thiophene rings is 1. The number of rotatable bonds is 5. The number of hydrogen-bond donors (Lipinski definition) is 3. The third-order valence-corrected chi connectivity index (χ3v) is 6.13. The average Bonchev–Trinajstić information content (AvgIpc) is 3.32. The lowest BCUT2D eigenvalue weighted by Gasteiger charge is -2.11. The molecule has 0 saturated carbocycles. The molecular weight excluding hydrogens is 432 g/mol. The van der Waals surface area contributed by atoms with E-state index in [1.165, 1.54) is 11.8 Å². The first kappa shape index (κ1) is 21.1. The van der Waals surface area contributed by atoms with Crippen molar-refractivity contribution in [2.24, 2.45) is 0 Å². The smallest absolute Gasteiger partial charge is 0.439 e. The van der Waals surface area contributed by atoms with Crippen molar-refractivity contribution < 1.29 is 18.7 Å². The van der Waals surface area contributed by atoms with Crippen LogP contribution in [0.25, 0.3) is 15.9 Å². The zero-order valence-electron chi connectivity index (χ0n) is 17.4. The molecule has 0 aliphatic rings. The zero-order valence-corrected chi connectivity index (χ0v) is 18.2. The molecule has 0 amide bonds. The van der Waals surface area contributed by atoms with Gasteiger partial charge >= 0.3 is 11.3 Å². The molecule has 5 N–H and O–H groups in total. The van der Waals surface area contributed by atoms with E-state index in [2.05, 4.69) is 16.3 Å². The summed E-state index contributed by atoms with van der Waals surface area (Å²) in [5.74, 6) is -0.0552. The second-order valence-corrected chi connectivity index (χ2v) is 8.27. The summed E-state index contributed by atoms with van der Waals surface area (Å²) in [4.78, 5) is 30.7. The van der Waals surface area contributed by atoms with Gasteiger partial charge in [-0.15, -0.1) is 11.3 Å². The Kier molecular flexibility index (Phi) is 5.15. The van der Waals surface area contributed by atoms with Gasteiger partial charge in [-0.2, -0.15) is 5.26 Å². The lowest BCUT2D eigenvalue weighted by molar-refractivity contribution is -0.672. The van der Waals surface area contributed by atoms with Crippen molar-refractivity contribution in [2.75, 3.05) is 18.6 Å². The number of ether oxygens (including phenoxy) is 1. The Hall–Kier alpha value is -4.17. The van der Waals surface area contributed by atoms with Crippen LogP contribution >= 0.6 is 11.3 Å². The number of H-pyrrole nitrogens is 1. The first-order valence-corrected chi connectivity index (χ1v) is 10.3. The third-order valence-electron chi connectivity index (χ3n) is 5.03. The minimum absolute atomic E-state index is 0.0680. The van der Waals surface area contributed by atoms with Crippen LogP contribution in [0.2, 0.25) is 0 Å². The van der Waals surface area contributed by atoms with E-state index in [0.29, 0.717) is 27.2 Å². The van der Waals surface area contributed by atoms with Crippen LogP contribution in [0.4, 0.5) is 11.5 Å². The van der Waals surface area contributed by atoms with E-state index in [1.807, 2.05) is 13.8 Å². The van der Waals surface area contributed by atoms with Gasteiger partial charge in [0, 0.05) is 17.5 Å². The van der Waals surface area contributed by atoms with E-state index < -0.39 is 11.4 Å². The molecule has 0 atom stereocenters. The lowest BCUT2D eigenvalue weighted by atomic mass is 9.94. The summed E-state index contributed by atoms with van der Waals surface area (Å²) in [6, 6.07) is 8.76. The first-order chi connectivity index (χ1) is 15.3. The third kappa shape index (κ3) is 3.17. The highest BCUT2D eigenvalue weighted by atomic mass is 32.1. The topological polar surface area (TPSA) is 165 Å². The number of aromatic nitrogens is 3. The van der Waals surface area contributed by atoms with E-state index in [4.69, 9.17) is 20.7 Å². The number of nitrogens with one attached hydrogen (secondary N) is 1. The minimum atomic E-state index is -0.850. The van der Waals surface area contributed by atoms with Crippen molar-refractivity contribution in [3.05, 3.63) is 56.4 Å². The Balaban J connectivity index is 1.92. The number of nitrogens with zero attached hydrogens (tertiary/aromatic N) is 3. The largest absolute Gasteiger partial charge is 0.497 e. The molecular formula is C21H19N6O4S+. The Morgan fingerprint density at radius 3 is 2.59 bits per heavy atom. The molecule has 32 heavy (non-hydrogen) atoms. The van der Waals surface area contributed by atoms with Crippen LogP contribution in [0, 0.1) is 11.3 Å². The number of nitrogen functional groups attached to an aromatic ring is 2. The highest BCUT2D eigenvalue weighted by molar-refractivity contribution is 7.21. The standard InChI is InChI=1S/C21H18N6O4S/c1-9(2)13-12(8-22)19(24)25-20-14(13)15(23)18(32-20)17(28)16-21(29)31-26-27(16)10-4-6-11(30-3)7-5-10/h4-7,9H,1-3H3,(H4-,23,24,25,26,28,29)/p+1. The van der Waals surface area contributed by atoms with Crippen molar-refractivity contribution in [3.63, 3.8) is 0 Å². The molecule has 10 nitrogen and oxygen atoms in total. The highest BCUT2D eigenvalue weighted by Gasteiger charge is 2.35. The van der Waals surface area contributed by atoms with Gasteiger partial charge in [0.15, 0.2) is 0 Å². The van der Waals surface area contributed by atoms with Gasteiger partial charge in [0.05, 0.1) is 18.4 Å². The second-order valence-electron chi connectivity index (χ2n) is 7.27. The van der Waals surface area contributed by atoms with Crippen molar-refractivity contribution >= 4 is 38.8 Å². The van der Waals surface area contributed by atoms with Gasteiger partial charge in [-0.1, -0.05) is 13.8 Å². The predicted molar refractivity (Wildman–Crippen MR) is 118 cm³/mol. The van der Waals surface area contributed by atoms with Crippen LogP contribution in [0.15, 0.2) is 33.6 Å². The summed E-state index contributed by atoms with van der Waals surface area (Å²) >= 11 is 1.01. The quantitative estimate of drug-likeness (QED) is 0.307. The number of carbonyl (C=O) groups is 1. The zero-order chi connectivity index (χ0) is 23.2. The fourth-order valence-corrected chi connectivity index (χ4v) is 4.61. The Morgan fingerprint density at radius 1 is 1.31 bits per heavy atom. The molecule has 0 fully saturated rings. The summed E-state index contributed by atoms with van der Waals surface area (Å²) < 4.78 is 11.3. The number of nitriles is 1. The van der Waals surface area contributed by atoms with Crippen molar-refractivity contribution in [1.82, 2.24) is 10.3 Å². The van der Waals surface area contributed by atoms with E-state index in [9.17, 15) is 14.9 Å². The normalized spacial score (nSPS) is 11.1. The number of hydrogen-bond acceptors (Lipinski definition) is 9. The summed E-state index contributed by atoms with van der Waals surface area (Å²) in [7, 11) is 1.53. The number of ketones is 1. The summed E-state index contributed by atoms with van der Waals surface area (Å²) in [5, 5.41) is 12.5. The Labute approximate surface area is 185 Å². The van der Waals surface area contributed by atoms with Gasteiger partial charge < -0.3 is 16.2 Å². The first-order valence-electron chi connectivity index (χ1n) is 9.52. The number of aromatic amines is 1. The number of anilines is 2. The summed E-state index contributed by atoms with van der Waals surface area (Å²) in [6.45, 7) is 3.79. The number of benzene rings is 1. The van der Waals surface area contributed by atoms with Crippen LogP contribution in [0.1, 0.15) is 46.3 Å². The van der Waals surface area contributed by atoms with Gasteiger partial charge in [-0.05, 0) is 33.6 Å². The number of pyridine rings is 1. The number of methoxy groups -OCH3 is 1. The molecule has 0 bridgehead atoms. The molecule has 1 aromatic carbocycles. The van der Waals surface area contributed by atoms with Crippen LogP contribution in [-0.2, 0) is 0 Å². The van der Waals surface area contributed by atoms with E-state index in [1.54, 1.807) is 24.3 Å². The average molecular weight is 451 g/mol. The predicted octanol–water partition coefficient (Wildman–Crippen LogP) is 2.25. The second kappa shape index (κ2) is 7.82. The van der Waals surface area contributed by atoms with E-state index in [-0.39, 0.29) is 33.6 Å². The van der Waals surface area contributed by atoms with Gasteiger partial charge in [0.1, 0.15) is 27.3 Å². The maximum absolute atomic E-state index is 13.4. The molecule has 4 rings (SSSR count). The van der Waals surface area contributed by atoms with E-state index >= 15 is 0 Å². The maximum atomic E-state index is 13.4. The molecule has 0 saturated heterocycles. The Bertz CT molecular complexity index is 1460. The van der Waals surface area contributed by atoms with Gasteiger partial charge in [-0.25, -0.2) is 9.78 Å². The van der Waals surface area contributed by atoms with Crippen LogP contribution in [-0.4, -0.2) is 23.1 Å². The van der Waals surface area contributed by atoms with Crippen molar-refractivity contribution in [3.8, 4) is 17.5 Å². The molecule has 4 aromatic rings. The van der Waals surface area contributed by atoms with Crippen LogP contribution in [0.3, 0.4) is 0 Å². The molecule has 0 radical (unpaired) electrons. The lowest BCUT2D eigenvalue weighted by Crippen LogP contribution is -2.41. The molecule has 0 aliphatic carbocycles. The van der Waals surface area contributed by atoms with Gasteiger partial charge in [0.25, 0.3) is 5.78 Å². The fourth-order valence-electron chi connectivity index (χ4n) is 3.55. The van der Waals surface area contributed by atoms with Crippen molar-refractivity contribution in [2.45, 2.75) is 19.8 Å². The van der Waals surface area contributed by atoms with Crippen molar-refractivity contribution in [1.29, 1.82) is 5.26 Å². The maximum Gasteiger partial charge on any atom is 0.439 e. The molecule has 3 heterocycles. The molecule has 0 unspecified atom stereocenters. The molecule has 162 valence electrons. The van der Waals surface area contributed by atoms with Gasteiger partial charge in [-0.3, -0.25) is 9.32 Å². The van der Waals surface area contributed by atoms with Crippen LogP contribution < -0.4 is 26.5 Å². The van der Waals surface area contributed by atoms with Crippen LogP contribution in [0.5, 0.6) is 5.75 Å². The molecule has 3 aromatic heterocycles. The Morgan fingerprint density at radius 2 is 2.00 bits per heavy atom. The fraction of sp³-hybridized carbons (Fsp3) is 0.190. The molecule has 11 heteroatoms. The van der Waals surface area contributed by atoms with Gasteiger partial charge in [0.2, 0.25) is 5.69 Å². The van der Waals surface area contributed by atoms with E-state index in [0.717, 1.165) is 11.3 Å². The summed E-state index contributed by atoms with van der Waals surface area (Å²) in [5.41, 5.74) is 12.7. The summed E-state index contributed by atoms with van der Waals surface area (Å²) in [6.07, 6.45) is 0. The number of carbonyl (C=O) groups excluding carboxylic acids is 1. The molecule has 0 aliphatic heterocycles. The highest BCUT2D eigenvalue weighted by Crippen LogP contribution is 2.41. The number of nitrogens with two attached hydrogens (primary N) is 2. The SMILES string of the molecule is COc1ccc(-[n+]2[nH]oc(=O)c2C(=O)c2sc3nc(N)c(C#N)c(C(C)C)c3c2N)cc1.